The Hall–Kier alpha value is -0.673. The van der Waals surface area contributed by atoms with Crippen LogP contribution in [-0.4, -0.2) is 9.52 Å². The molecule has 0 aromatic heterocycles. The number of hydrogen-bond acceptors (Lipinski definition) is 0. The van der Waals surface area contributed by atoms with E-state index in [4.69, 9.17) is 0 Å². The Balaban J connectivity index is 0. The van der Waals surface area contributed by atoms with Crippen LogP contribution in [-0.2, 0) is 25.8 Å². The summed E-state index contributed by atoms with van der Waals surface area (Å²) in [5.41, 5.74) is 5.51. The first-order chi connectivity index (χ1) is 12.0. The van der Waals surface area contributed by atoms with Crippen LogP contribution in [0.15, 0.2) is 60.7 Å². The van der Waals surface area contributed by atoms with Crippen molar-refractivity contribution in [2.75, 3.05) is 0 Å². The number of benzene rings is 2. The molecule has 4 heteroatoms. The predicted molar refractivity (Wildman–Crippen MR) is 116 cm³/mol. The van der Waals surface area contributed by atoms with Crippen molar-refractivity contribution in [3.05, 3.63) is 82.9 Å². The van der Waals surface area contributed by atoms with Crippen molar-refractivity contribution in [2.24, 2.45) is 0 Å². The molecule has 4 aromatic rings. The molecule has 0 nitrogen and oxygen atoms in total. The summed E-state index contributed by atoms with van der Waals surface area (Å²) in [6, 6.07) is 21.8. The molecule has 0 unspecified atom stereocenters. The van der Waals surface area contributed by atoms with Gasteiger partial charge in [-0.05, 0) is 27.7 Å². The number of hydrogen-bond donors (Lipinski definition) is 0. The van der Waals surface area contributed by atoms with Gasteiger partial charge >= 0.3 is 25.8 Å². The first-order valence-corrected chi connectivity index (χ1v) is 10.8. The molecule has 0 bridgehead atoms. The average molecular weight is 594 g/mol. The van der Waals surface area contributed by atoms with Crippen molar-refractivity contribution in [1.82, 2.24) is 0 Å². The third-order valence-corrected chi connectivity index (χ3v) is 4.50. The van der Waals surface area contributed by atoms with Crippen molar-refractivity contribution in [3.63, 3.8) is 0 Å². The smallest absolute Gasteiger partial charge is 1.00 e. The SMILES string of the molecule is C[Si]C.Cc1cc2cc[cH-]c2cc1C.Cc1cc2cc[cH-]c2cc1C.[Cl-].[Cl-].[Hf+4]. The van der Waals surface area contributed by atoms with Gasteiger partial charge in [0.25, 0.3) is 0 Å². The molecule has 4 rings (SSSR count). The molecule has 0 saturated carbocycles. The first-order valence-electron chi connectivity index (χ1n) is 8.80. The van der Waals surface area contributed by atoms with Crippen LogP contribution in [0.2, 0.25) is 13.1 Å². The van der Waals surface area contributed by atoms with E-state index in [0.717, 1.165) is 9.52 Å². The second-order valence-corrected chi connectivity index (χ2v) is 7.68. The van der Waals surface area contributed by atoms with Gasteiger partial charge in [-0.3, -0.25) is 0 Å². The van der Waals surface area contributed by atoms with Crippen LogP contribution in [0.5, 0.6) is 0 Å². The van der Waals surface area contributed by atoms with Crippen LogP contribution in [0, 0.1) is 27.7 Å². The predicted octanol–water partition coefficient (Wildman–Crippen LogP) is 1.14. The van der Waals surface area contributed by atoms with Gasteiger partial charge in [-0.15, -0.1) is 57.9 Å². The number of fused-ring (bicyclic) bond motifs is 2. The van der Waals surface area contributed by atoms with Gasteiger partial charge in [-0.25, -0.2) is 0 Å². The third kappa shape index (κ3) is 7.98. The standard InChI is InChI=1S/2C11H11.C2H6Si.2ClH.Hf/c2*1-8-6-10-4-3-5-11(10)7-9(8)2;1-3-2;;;/h2*3-7H,1-2H3;1-2H3;2*1H;/q2*-1;;;;+4/p-2. The Morgan fingerprint density at radius 1 is 0.607 bits per heavy atom. The number of aryl methyl sites for hydroxylation is 4. The zero-order valence-corrected chi connectivity index (χ0v) is 23.6. The maximum atomic E-state index is 2.24. The molecule has 0 fully saturated rings. The zero-order valence-electron chi connectivity index (χ0n) is 17.5. The van der Waals surface area contributed by atoms with Gasteiger partial charge in [-0.1, -0.05) is 35.3 Å². The fraction of sp³-hybridized carbons (Fsp3) is 0.250. The first kappa shape index (κ1) is 29.5. The Labute approximate surface area is 204 Å². The third-order valence-electron chi connectivity index (χ3n) is 4.50. The molecule has 0 aliphatic carbocycles. The molecule has 28 heavy (non-hydrogen) atoms. The van der Waals surface area contributed by atoms with Gasteiger partial charge in [0.15, 0.2) is 0 Å². The molecule has 0 saturated heterocycles. The number of rotatable bonds is 0. The Morgan fingerprint density at radius 3 is 1.21 bits per heavy atom. The van der Waals surface area contributed by atoms with E-state index in [9.17, 15) is 0 Å². The van der Waals surface area contributed by atoms with E-state index >= 15 is 0 Å². The second kappa shape index (κ2) is 14.3. The Kier molecular flexibility index (Phi) is 15.1. The topological polar surface area (TPSA) is 0 Å². The van der Waals surface area contributed by atoms with Crippen molar-refractivity contribution < 1.29 is 50.7 Å². The van der Waals surface area contributed by atoms with Crippen LogP contribution >= 0.6 is 0 Å². The van der Waals surface area contributed by atoms with Gasteiger partial charge < -0.3 is 24.8 Å². The summed E-state index contributed by atoms with van der Waals surface area (Å²) >= 11 is 0. The summed E-state index contributed by atoms with van der Waals surface area (Å²) in [5, 5.41) is 5.42. The number of halogens is 2. The van der Waals surface area contributed by atoms with Crippen LogP contribution in [0.3, 0.4) is 0 Å². The van der Waals surface area contributed by atoms with E-state index in [1.165, 1.54) is 43.8 Å². The van der Waals surface area contributed by atoms with Crippen molar-refractivity contribution in [1.29, 1.82) is 0 Å². The van der Waals surface area contributed by atoms with Crippen LogP contribution < -0.4 is 24.8 Å². The Bertz CT molecular complexity index is 804. The normalized spacial score (nSPS) is 9.07. The van der Waals surface area contributed by atoms with E-state index in [2.05, 4.69) is 101 Å². The fourth-order valence-corrected chi connectivity index (χ4v) is 2.81. The maximum Gasteiger partial charge on any atom is 4.00 e. The maximum absolute atomic E-state index is 2.24. The van der Waals surface area contributed by atoms with Gasteiger partial charge in [0.05, 0.1) is 0 Å². The minimum atomic E-state index is 0. The van der Waals surface area contributed by atoms with E-state index < -0.39 is 0 Å². The summed E-state index contributed by atoms with van der Waals surface area (Å²) in [6.07, 6.45) is 0. The van der Waals surface area contributed by atoms with E-state index in [0.29, 0.717) is 0 Å². The van der Waals surface area contributed by atoms with E-state index in [1.54, 1.807) is 0 Å². The quantitative estimate of drug-likeness (QED) is 0.212. The summed E-state index contributed by atoms with van der Waals surface area (Å²) in [5.74, 6) is 0. The van der Waals surface area contributed by atoms with Gasteiger partial charge in [0.2, 0.25) is 0 Å². The summed E-state index contributed by atoms with van der Waals surface area (Å²) < 4.78 is 0. The van der Waals surface area contributed by atoms with E-state index in [1.807, 2.05) is 0 Å². The Morgan fingerprint density at radius 2 is 0.893 bits per heavy atom. The summed E-state index contributed by atoms with van der Waals surface area (Å²) in [6.45, 7) is 12.9. The van der Waals surface area contributed by atoms with Crippen LogP contribution in [0.1, 0.15) is 22.3 Å². The molecule has 0 atom stereocenters. The molecule has 0 heterocycles. The van der Waals surface area contributed by atoms with Crippen LogP contribution in [0.4, 0.5) is 0 Å². The fourth-order valence-electron chi connectivity index (χ4n) is 2.81. The van der Waals surface area contributed by atoms with E-state index in [-0.39, 0.29) is 50.7 Å². The monoisotopic (exact) mass is 594 g/mol. The minimum absolute atomic E-state index is 0. The van der Waals surface area contributed by atoms with Crippen LogP contribution in [0.25, 0.3) is 21.5 Å². The molecule has 0 aliphatic heterocycles. The molecule has 146 valence electrons. The molecule has 0 amide bonds. The molecule has 2 radical (unpaired) electrons. The molecule has 0 spiro atoms. The molecule has 4 aromatic carbocycles. The molecule has 0 aliphatic rings. The average Bonchev–Trinajstić information content (AvgIpc) is 3.19. The van der Waals surface area contributed by atoms with Gasteiger partial charge in [-0.2, -0.15) is 24.3 Å². The van der Waals surface area contributed by atoms with Crippen molar-refractivity contribution in [2.45, 2.75) is 40.8 Å². The summed E-state index contributed by atoms with van der Waals surface area (Å²) in [7, 11) is 1.08. The zero-order chi connectivity index (χ0) is 18.4. The second-order valence-electron chi connectivity index (χ2n) is 6.68. The van der Waals surface area contributed by atoms with Crippen molar-refractivity contribution >= 4 is 31.1 Å². The van der Waals surface area contributed by atoms with Gasteiger partial charge in [0.1, 0.15) is 0 Å². The largest absolute Gasteiger partial charge is 4.00 e. The summed E-state index contributed by atoms with van der Waals surface area (Å²) in [4.78, 5) is 0. The molecular formula is C24H28Cl2HfSi. The molecule has 0 N–H and O–H groups in total. The van der Waals surface area contributed by atoms with Crippen molar-refractivity contribution in [3.8, 4) is 0 Å². The van der Waals surface area contributed by atoms with Gasteiger partial charge in [0, 0.05) is 9.52 Å². The molecular weight excluding hydrogens is 566 g/mol. The minimum Gasteiger partial charge on any atom is -1.00 e.